The molecule has 5 heteroatoms. The summed E-state index contributed by atoms with van der Waals surface area (Å²) in [6.07, 6.45) is 1.69. The van der Waals surface area contributed by atoms with E-state index in [2.05, 4.69) is 10.4 Å². The van der Waals surface area contributed by atoms with Crippen LogP contribution in [0, 0.1) is 12.7 Å². The summed E-state index contributed by atoms with van der Waals surface area (Å²) in [6, 6.07) is 4.85. The number of aromatic nitrogens is 2. The van der Waals surface area contributed by atoms with Gasteiger partial charge in [-0.25, -0.2) is 4.39 Å². The lowest BCUT2D eigenvalue weighted by molar-refractivity contribution is 0.619. The van der Waals surface area contributed by atoms with Gasteiger partial charge in [-0.2, -0.15) is 5.10 Å². The van der Waals surface area contributed by atoms with Gasteiger partial charge in [0.15, 0.2) is 5.82 Å². The molecule has 1 aromatic heterocycles. The zero-order chi connectivity index (χ0) is 11.7. The number of nitrogens with one attached hydrogen (secondary N) is 1. The summed E-state index contributed by atoms with van der Waals surface area (Å²) in [4.78, 5) is 0. The normalized spacial score (nSPS) is 10.4. The third-order valence-electron chi connectivity index (χ3n) is 2.38. The van der Waals surface area contributed by atoms with Gasteiger partial charge in [0.25, 0.3) is 0 Å². The van der Waals surface area contributed by atoms with Crippen molar-refractivity contribution in [3.05, 3.63) is 35.8 Å². The van der Waals surface area contributed by atoms with Crippen LogP contribution in [0.15, 0.2) is 24.4 Å². The standard InChI is InChI=1S/C11H13FN4/c1-7-8(12)4-3-5-10(7)14-11-9(13)6-16(2)15-11/h3-6H,13H2,1-2H3,(H,14,15). The smallest absolute Gasteiger partial charge is 0.175 e. The number of nitrogen functional groups attached to an aromatic ring is 1. The minimum Gasteiger partial charge on any atom is -0.394 e. The maximum absolute atomic E-state index is 13.3. The second-order valence-corrected chi connectivity index (χ2v) is 3.64. The Morgan fingerprint density at radius 2 is 2.19 bits per heavy atom. The number of benzene rings is 1. The molecule has 2 rings (SSSR count). The Labute approximate surface area is 92.9 Å². The van der Waals surface area contributed by atoms with Crippen LogP contribution in [0.1, 0.15) is 5.56 Å². The van der Waals surface area contributed by atoms with Gasteiger partial charge in [-0.05, 0) is 19.1 Å². The predicted octanol–water partition coefficient (Wildman–Crippen LogP) is 2.19. The van der Waals surface area contributed by atoms with Crippen molar-refractivity contribution in [2.45, 2.75) is 6.92 Å². The summed E-state index contributed by atoms with van der Waals surface area (Å²) in [7, 11) is 1.78. The van der Waals surface area contributed by atoms with Gasteiger partial charge < -0.3 is 11.1 Å². The van der Waals surface area contributed by atoms with Crippen LogP contribution in [-0.2, 0) is 7.05 Å². The molecule has 0 bridgehead atoms. The Morgan fingerprint density at radius 1 is 1.44 bits per heavy atom. The Kier molecular flexibility index (Phi) is 2.52. The van der Waals surface area contributed by atoms with Crippen molar-refractivity contribution < 1.29 is 4.39 Å². The number of rotatable bonds is 2. The second-order valence-electron chi connectivity index (χ2n) is 3.64. The first-order valence-corrected chi connectivity index (χ1v) is 4.89. The third kappa shape index (κ3) is 1.84. The lowest BCUT2D eigenvalue weighted by Crippen LogP contribution is -1.98. The van der Waals surface area contributed by atoms with E-state index in [4.69, 9.17) is 5.73 Å². The van der Waals surface area contributed by atoms with E-state index < -0.39 is 0 Å². The topological polar surface area (TPSA) is 55.9 Å². The van der Waals surface area contributed by atoms with Crippen molar-refractivity contribution in [2.24, 2.45) is 7.05 Å². The van der Waals surface area contributed by atoms with Crippen molar-refractivity contribution in [3.8, 4) is 0 Å². The molecule has 2 aromatic rings. The molecule has 3 N–H and O–H groups in total. The SMILES string of the molecule is Cc1c(F)cccc1Nc1nn(C)cc1N. The van der Waals surface area contributed by atoms with Gasteiger partial charge in [-0.1, -0.05) is 6.07 Å². The Bertz CT molecular complexity index is 519. The number of halogens is 1. The molecule has 0 atom stereocenters. The zero-order valence-corrected chi connectivity index (χ0v) is 9.16. The molecule has 0 radical (unpaired) electrons. The molecule has 0 aliphatic heterocycles. The first-order valence-electron chi connectivity index (χ1n) is 4.89. The molecule has 0 unspecified atom stereocenters. The van der Waals surface area contributed by atoms with Crippen molar-refractivity contribution in [1.82, 2.24) is 9.78 Å². The fourth-order valence-corrected chi connectivity index (χ4v) is 1.47. The van der Waals surface area contributed by atoms with E-state index in [1.54, 1.807) is 37.0 Å². The quantitative estimate of drug-likeness (QED) is 0.815. The predicted molar refractivity (Wildman–Crippen MR) is 62.0 cm³/mol. The van der Waals surface area contributed by atoms with Crippen LogP contribution >= 0.6 is 0 Å². The van der Waals surface area contributed by atoms with Gasteiger partial charge in [-0.3, -0.25) is 4.68 Å². The van der Waals surface area contributed by atoms with Gasteiger partial charge in [0, 0.05) is 24.5 Å². The molecule has 4 nitrogen and oxygen atoms in total. The number of nitrogens with two attached hydrogens (primary N) is 1. The van der Waals surface area contributed by atoms with Crippen molar-refractivity contribution in [2.75, 3.05) is 11.1 Å². The number of nitrogens with zero attached hydrogens (tertiary/aromatic N) is 2. The summed E-state index contributed by atoms with van der Waals surface area (Å²) < 4.78 is 14.9. The molecule has 16 heavy (non-hydrogen) atoms. The highest BCUT2D eigenvalue weighted by Gasteiger charge is 2.07. The van der Waals surface area contributed by atoms with Crippen LogP contribution in [-0.4, -0.2) is 9.78 Å². The monoisotopic (exact) mass is 220 g/mol. The van der Waals surface area contributed by atoms with Gasteiger partial charge in [0.05, 0.1) is 5.69 Å². The number of aryl methyl sites for hydroxylation is 1. The minimum atomic E-state index is -0.250. The number of hydrogen-bond donors (Lipinski definition) is 2. The summed E-state index contributed by atoms with van der Waals surface area (Å²) >= 11 is 0. The zero-order valence-electron chi connectivity index (χ0n) is 9.16. The fraction of sp³-hybridized carbons (Fsp3) is 0.182. The molecule has 0 amide bonds. The largest absolute Gasteiger partial charge is 0.394 e. The highest BCUT2D eigenvalue weighted by Crippen LogP contribution is 2.24. The Morgan fingerprint density at radius 3 is 2.81 bits per heavy atom. The van der Waals surface area contributed by atoms with E-state index >= 15 is 0 Å². The van der Waals surface area contributed by atoms with E-state index in [1.807, 2.05) is 0 Å². The van der Waals surface area contributed by atoms with E-state index in [1.165, 1.54) is 6.07 Å². The van der Waals surface area contributed by atoms with E-state index in [-0.39, 0.29) is 5.82 Å². The maximum Gasteiger partial charge on any atom is 0.175 e. The summed E-state index contributed by atoms with van der Waals surface area (Å²) in [5, 5.41) is 7.14. The van der Waals surface area contributed by atoms with Crippen LogP contribution in [0.3, 0.4) is 0 Å². The third-order valence-corrected chi connectivity index (χ3v) is 2.38. The van der Waals surface area contributed by atoms with Gasteiger partial charge in [-0.15, -0.1) is 0 Å². The first-order chi connectivity index (χ1) is 7.58. The molecular weight excluding hydrogens is 207 g/mol. The summed E-state index contributed by atoms with van der Waals surface area (Å²) in [6.45, 7) is 1.71. The van der Waals surface area contributed by atoms with Crippen LogP contribution in [0.5, 0.6) is 0 Å². The van der Waals surface area contributed by atoms with Gasteiger partial charge in [0.1, 0.15) is 5.82 Å². The highest BCUT2D eigenvalue weighted by molar-refractivity contribution is 5.69. The fourth-order valence-electron chi connectivity index (χ4n) is 1.47. The molecule has 1 aromatic carbocycles. The van der Waals surface area contributed by atoms with Crippen molar-refractivity contribution in [1.29, 1.82) is 0 Å². The molecule has 0 spiro atoms. The van der Waals surface area contributed by atoms with E-state index in [0.717, 1.165) is 0 Å². The van der Waals surface area contributed by atoms with Crippen LogP contribution in [0.25, 0.3) is 0 Å². The van der Waals surface area contributed by atoms with Gasteiger partial charge >= 0.3 is 0 Å². The minimum absolute atomic E-state index is 0.250. The van der Waals surface area contributed by atoms with Crippen LogP contribution in [0.4, 0.5) is 21.6 Å². The molecular formula is C11H13FN4. The second kappa shape index (κ2) is 3.84. The van der Waals surface area contributed by atoms with Crippen LogP contribution < -0.4 is 11.1 Å². The Balaban J connectivity index is 2.34. The average molecular weight is 220 g/mol. The van der Waals surface area contributed by atoms with Crippen LogP contribution in [0.2, 0.25) is 0 Å². The maximum atomic E-state index is 13.3. The lowest BCUT2D eigenvalue weighted by atomic mass is 10.2. The molecule has 0 aliphatic carbocycles. The van der Waals surface area contributed by atoms with Crippen molar-refractivity contribution >= 4 is 17.2 Å². The molecule has 0 saturated carbocycles. The Hall–Kier alpha value is -2.04. The molecule has 0 aliphatic rings. The summed E-state index contributed by atoms with van der Waals surface area (Å²) in [5.41, 5.74) is 7.49. The van der Waals surface area contributed by atoms with Crippen molar-refractivity contribution in [3.63, 3.8) is 0 Å². The van der Waals surface area contributed by atoms with E-state index in [0.29, 0.717) is 22.8 Å². The first kappa shape index (κ1) is 10.5. The number of hydrogen-bond acceptors (Lipinski definition) is 3. The van der Waals surface area contributed by atoms with Gasteiger partial charge in [0.2, 0.25) is 0 Å². The lowest BCUT2D eigenvalue weighted by Gasteiger charge is -2.07. The average Bonchev–Trinajstić information content (AvgIpc) is 2.53. The summed E-state index contributed by atoms with van der Waals surface area (Å²) in [5.74, 6) is 0.288. The highest BCUT2D eigenvalue weighted by atomic mass is 19.1. The molecule has 84 valence electrons. The number of anilines is 3. The molecule has 0 saturated heterocycles. The molecule has 0 fully saturated rings. The van der Waals surface area contributed by atoms with E-state index in [9.17, 15) is 4.39 Å². The molecule has 1 heterocycles.